The first-order chi connectivity index (χ1) is 36.3. The van der Waals surface area contributed by atoms with Crippen molar-refractivity contribution in [1.29, 1.82) is 0 Å². The Bertz CT molecular complexity index is 1010. The Morgan fingerprint density at radius 1 is 0.205 bits per heavy atom. The maximum Gasteiger partial charge on any atom is 0.509 e. The Hall–Kier alpha value is -1.32. The molecule has 0 fully saturated rings. The van der Waals surface area contributed by atoms with Gasteiger partial charge in [-0.1, -0.05) is 11.6 Å². The van der Waals surface area contributed by atoms with E-state index in [0.29, 0.717) is 277 Å². The summed E-state index contributed by atoms with van der Waals surface area (Å²) < 4.78 is 129. The molecular weight excluding hydrogens is 1000 g/mol. The lowest BCUT2D eigenvalue weighted by Crippen LogP contribution is -2.16. The average Bonchev–Trinajstić information content (AvgIpc) is 3.39. The van der Waals surface area contributed by atoms with Gasteiger partial charge in [-0.2, -0.15) is 0 Å². The molecule has 0 saturated heterocycles. The molecule has 0 aromatic rings. The fourth-order valence-electron chi connectivity index (χ4n) is 4.91. The minimum Gasteiger partial charge on any atom is -0.432 e. The van der Waals surface area contributed by atoms with Crippen LogP contribution in [0.15, 0.2) is 0 Å². The predicted octanol–water partition coefficient (Wildman–Crippen LogP) is 1.33. The van der Waals surface area contributed by atoms with E-state index >= 15 is 0 Å². The van der Waals surface area contributed by atoms with Crippen LogP contribution in [0.4, 0.5) is 4.79 Å². The Labute approximate surface area is 439 Å². The van der Waals surface area contributed by atoms with Crippen LogP contribution in [0.25, 0.3) is 0 Å². The van der Waals surface area contributed by atoms with Crippen LogP contribution in [-0.2, 0) is 114 Å². The fraction of sp³-hybridized carbons (Fsp3) is 0.979. The van der Waals surface area contributed by atoms with Gasteiger partial charge in [-0.05, 0) is 0 Å². The number of carbonyl (C=O) groups is 1. The highest BCUT2D eigenvalue weighted by molar-refractivity contribution is 6.17. The molecule has 0 N–H and O–H groups in total. The Balaban J connectivity index is 3.08. The van der Waals surface area contributed by atoms with Gasteiger partial charge in [-0.25, -0.2) is 4.79 Å². The van der Waals surface area contributed by atoms with Crippen molar-refractivity contribution in [3.05, 3.63) is 0 Å². The molecule has 26 heteroatoms. The number of hydrogen-bond donors (Lipinski definition) is 0. The Morgan fingerprint density at radius 3 is 0.452 bits per heavy atom. The molecule has 25 nitrogen and oxygen atoms in total. The summed E-state index contributed by atoms with van der Waals surface area (Å²) >= 11 is 5.24. The number of ether oxygens (including phenoxy) is 24. The van der Waals surface area contributed by atoms with Crippen LogP contribution in [0.2, 0.25) is 0 Å². The molecule has 0 atom stereocenters. The molecule has 0 unspecified atom stereocenters. The van der Waals surface area contributed by atoms with Crippen LogP contribution in [0.5, 0.6) is 0 Å². The van der Waals surface area contributed by atoms with Crippen LogP contribution < -0.4 is 0 Å². The molecule has 0 aliphatic carbocycles. The van der Waals surface area contributed by atoms with Gasteiger partial charge in [0.05, 0.1) is 284 Å². The molecule has 0 aliphatic rings. The number of rotatable bonds is 67. The van der Waals surface area contributed by atoms with Crippen LogP contribution in [0, 0.1) is 0 Å². The first-order valence-electron chi connectivity index (χ1n) is 25.3. The predicted molar refractivity (Wildman–Crippen MR) is 262 cm³/mol. The topological polar surface area (TPSA) is 239 Å². The Kier molecular flexibility index (Phi) is 67.5. The number of alkyl halides is 1. The normalized spacial score (nSPS) is 11.6. The maximum atomic E-state index is 10.9. The highest BCUT2D eigenvalue weighted by Gasteiger charge is 2.02. The maximum absolute atomic E-state index is 10.9. The number of hydrogen-bond acceptors (Lipinski definition) is 25. The summed E-state index contributed by atoms with van der Waals surface area (Å²) in [5, 5.41) is 0. The minimum absolute atomic E-state index is 0.0844. The molecule has 0 radical (unpaired) electrons. The van der Waals surface area contributed by atoms with Crippen molar-refractivity contribution in [3.63, 3.8) is 0 Å². The zero-order chi connectivity index (χ0) is 52.4. The quantitative estimate of drug-likeness (QED) is 0.0474. The van der Waals surface area contributed by atoms with Crippen LogP contribution in [-0.4, -0.2) is 310 Å². The monoisotopic (exact) mass is 1090 g/mol. The molecule has 0 spiro atoms. The van der Waals surface area contributed by atoms with E-state index in [9.17, 15) is 4.79 Å². The highest BCUT2D eigenvalue weighted by atomic mass is 35.5. The molecular formula is C47H93ClO25. The molecule has 0 aliphatic heterocycles. The first kappa shape index (κ1) is 71.7. The SMILES string of the molecule is COCCOCCOCCOCCOCCOCCOCCOCCOCCOCCOCCOCCOCCOCCOCCOCCOCCOCCOCCOCCOCCOCCOC(=O)OCCl. The molecule has 0 aromatic heterocycles. The van der Waals surface area contributed by atoms with Crippen molar-refractivity contribution in [3.8, 4) is 0 Å². The number of carbonyl (C=O) groups excluding carboxylic acids is 1. The smallest absolute Gasteiger partial charge is 0.432 e. The minimum atomic E-state index is -0.826. The molecule has 438 valence electrons. The summed E-state index contributed by atoms with van der Waals surface area (Å²) in [6.45, 7) is 20.8. The van der Waals surface area contributed by atoms with Gasteiger partial charge < -0.3 is 114 Å². The number of halogens is 1. The van der Waals surface area contributed by atoms with E-state index < -0.39 is 6.16 Å². The fourth-order valence-corrected chi connectivity index (χ4v) is 5.00. The third kappa shape index (κ3) is 68.7. The molecule has 0 bridgehead atoms. The summed E-state index contributed by atoms with van der Waals surface area (Å²) in [6, 6.07) is -0.249. The van der Waals surface area contributed by atoms with Gasteiger partial charge in [-0.15, -0.1) is 0 Å². The summed E-state index contributed by atoms with van der Waals surface area (Å²) in [5.41, 5.74) is 0. The van der Waals surface area contributed by atoms with Crippen molar-refractivity contribution in [2.24, 2.45) is 0 Å². The van der Waals surface area contributed by atoms with Gasteiger partial charge in [-0.3, -0.25) is 0 Å². The van der Waals surface area contributed by atoms with Crippen LogP contribution in [0.3, 0.4) is 0 Å². The second-order valence-electron chi connectivity index (χ2n) is 14.2. The second kappa shape index (κ2) is 68.7. The van der Waals surface area contributed by atoms with Crippen LogP contribution in [0.1, 0.15) is 0 Å². The van der Waals surface area contributed by atoms with Crippen molar-refractivity contribution in [2.75, 3.05) is 304 Å². The van der Waals surface area contributed by atoms with Gasteiger partial charge in [0.15, 0.2) is 6.07 Å². The van der Waals surface area contributed by atoms with E-state index in [4.69, 9.17) is 121 Å². The van der Waals surface area contributed by atoms with E-state index in [1.165, 1.54) is 0 Å². The van der Waals surface area contributed by atoms with Gasteiger partial charge in [0.2, 0.25) is 0 Å². The molecule has 73 heavy (non-hydrogen) atoms. The summed E-state index contributed by atoms with van der Waals surface area (Å²) in [7, 11) is 1.64. The molecule has 0 saturated carbocycles. The second-order valence-corrected chi connectivity index (χ2v) is 14.4. The summed E-state index contributed by atoms with van der Waals surface area (Å²) in [5.74, 6) is 0. The molecule has 0 heterocycles. The molecule has 0 aromatic carbocycles. The largest absolute Gasteiger partial charge is 0.509 e. The van der Waals surface area contributed by atoms with Gasteiger partial charge >= 0.3 is 6.16 Å². The zero-order valence-electron chi connectivity index (χ0n) is 43.9. The molecule has 0 amide bonds. The van der Waals surface area contributed by atoms with E-state index in [-0.39, 0.29) is 19.3 Å². The van der Waals surface area contributed by atoms with E-state index in [1.807, 2.05) is 0 Å². The van der Waals surface area contributed by atoms with E-state index in [0.717, 1.165) is 0 Å². The van der Waals surface area contributed by atoms with Gasteiger partial charge in [0, 0.05) is 7.11 Å². The van der Waals surface area contributed by atoms with Gasteiger partial charge in [0.1, 0.15) is 6.61 Å². The van der Waals surface area contributed by atoms with Crippen molar-refractivity contribution in [2.45, 2.75) is 0 Å². The lowest BCUT2D eigenvalue weighted by Gasteiger charge is -2.09. The number of methoxy groups -OCH3 is 1. The van der Waals surface area contributed by atoms with Crippen molar-refractivity contribution >= 4 is 17.8 Å². The average molecular weight is 1090 g/mol. The highest BCUT2D eigenvalue weighted by Crippen LogP contribution is 1.92. The first-order valence-corrected chi connectivity index (χ1v) is 25.8. The van der Waals surface area contributed by atoms with E-state index in [2.05, 4.69) is 4.74 Å². The zero-order valence-corrected chi connectivity index (χ0v) is 44.7. The lowest BCUT2D eigenvalue weighted by molar-refractivity contribution is -0.0318. The van der Waals surface area contributed by atoms with Crippen molar-refractivity contribution < 1.29 is 118 Å². The lowest BCUT2D eigenvalue weighted by atomic mass is 10.6. The third-order valence-electron chi connectivity index (χ3n) is 8.49. The van der Waals surface area contributed by atoms with E-state index in [1.54, 1.807) is 7.11 Å². The molecule has 0 rings (SSSR count). The Morgan fingerprint density at radius 2 is 0.329 bits per heavy atom. The summed E-state index contributed by atoms with van der Waals surface area (Å²) in [6.07, 6.45) is -0.826. The summed E-state index contributed by atoms with van der Waals surface area (Å²) in [4.78, 5) is 10.9. The van der Waals surface area contributed by atoms with Crippen molar-refractivity contribution in [1.82, 2.24) is 0 Å². The van der Waals surface area contributed by atoms with Crippen LogP contribution >= 0.6 is 11.6 Å². The standard InChI is InChI=1S/C47H93ClO25/c1-50-2-3-51-4-5-52-6-7-53-8-9-54-10-11-55-12-13-56-14-15-57-16-17-58-18-19-59-20-21-60-22-23-61-24-25-62-26-27-63-28-29-64-30-31-65-32-33-66-34-35-67-36-37-68-38-39-69-40-41-70-42-43-71-44-45-72-47(49)73-46-48/h2-46H2,1H3. The van der Waals surface area contributed by atoms with Gasteiger partial charge in [0.25, 0.3) is 0 Å². The third-order valence-corrected chi connectivity index (χ3v) is 8.60.